The number of methoxy groups -OCH3 is 3. The quantitative estimate of drug-likeness (QED) is 0.647. The fraction of sp³-hybridized carbons (Fsp3) is 0.391. The second-order valence-electron chi connectivity index (χ2n) is 7.13. The van der Waals surface area contributed by atoms with Gasteiger partial charge in [0, 0.05) is 12.1 Å². The topological polar surface area (TPSA) is 74.3 Å². The van der Waals surface area contributed by atoms with Crippen LogP contribution in [0.25, 0.3) is 0 Å². The molecule has 2 aromatic carbocycles. The van der Waals surface area contributed by atoms with Gasteiger partial charge < -0.3 is 23.8 Å². The van der Waals surface area contributed by atoms with Crippen LogP contribution in [-0.2, 0) is 9.53 Å². The molecule has 0 unspecified atom stereocenters. The van der Waals surface area contributed by atoms with Crippen LogP contribution in [0.3, 0.4) is 0 Å². The van der Waals surface area contributed by atoms with Crippen molar-refractivity contribution in [1.29, 1.82) is 0 Å². The number of likely N-dealkylation sites (tertiary alicyclic amines) is 1. The first-order valence-corrected chi connectivity index (χ1v) is 9.81. The third-order valence-electron chi connectivity index (χ3n) is 5.27. The maximum atomic E-state index is 12.9. The molecule has 1 aliphatic heterocycles. The molecular weight excluding hydrogens is 386 g/mol. The average Bonchev–Trinajstić information content (AvgIpc) is 3.26. The molecule has 1 heterocycles. The summed E-state index contributed by atoms with van der Waals surface area (Å²) in [5, 5.41) is 0. The fourth-order valence-corrected chi connectivity index (χ4v) is 3.76. The molecule has 1 atom stereocenters. The van der Waals surface area contributed by atoms with Gasteiger partial charge in [-0.25, -0.2) is 4.79 Å². The van der Waals surface area contributed by atoms with E-state index in [1.54, 1.807) is 31.3 Å². The highest BCUT2D eigenvalue weighted by Crippen LogP contribution is 2.39. The molecule has 0 spiro atoms. The first kappa shape index (κ1) is 21.5. The Morgan fingerprint density at radius 2 is 1.73 bits per heavy atom. The number of nitrogens with zero attached hydrogens (tertiary/aromatic N) is 1. The minimum absolute atomic E-state index is 0.158. The molecule has 0 N–H and O–H groups in total. The second kappa shape index (κ2) is 9.52. The van der Waals surface area contributed by atoms with E-state index in [4.69, 9.17) is 18.9 Å². The summed E-state index contributed by atoms with van der Waals surface area (Å²) < 4.78 is 21.4. The van der Waals surface area contributed by atoms with E-state index >= 15 is 0 Å². The number of rotatable bonds is 7. The molecular formula is C23H27NO6. The molecule has 0 saturated carbocycles. The number of ether oxygens (including phenoxy) is 4. The molecule has 3 rings (SSSR count). The van der Waals surface area contributed by atoms with Crippen LogP contribution >= 0.6 is 0 Å². The van der Waals surface area contributed by atoms with Crippen LogP contribution in [0.1, 0.15) is 40.4 Å². The van der Waals surface area contributed by atoms with Crippen LogP contribution in [0.2, 0.25) is 0 Å². The second-order valence-corrected chi connectivity index (χ2v) is 7.13. The number of aryl methyl sites for hydroxylation is 1. The number of hydrogen-bond donors (Lipinski definition) is 0. The molecule has 0 radical (unpaired) electrons. The number of benzene rings is 2. The molecule has 1 saturated heterocycles. The molecule has 0 bridgehead atoms. The van der Waals surface area contributed by atoms with E-state index < -0.39 is 5.97 Å². The highest BCUT2D eigenvalue weighted by atomic mass is 16.5. The molecule has 160 valence electrons. The van der Waals surface area contributed by atoms with Crippen LogP contribution < -0.4 is 14.2 Å². The van der Waals surface area contributed by atoms with Crippen molar-refractivity contribution in [2.45, 2.75) is 25.8 Å². The Hall–Kier alpha value is -3.22. The van der Waals surface area contributed by atoms with Crippen molar-refractivity contribution >= 4 is 11.9 Å². The molecule has 2 aromatic rings. The lowest BCUT2D eigenvalue weighted by molar-refractivity contribution is -0.135. The van der Waals surface area contributed by atoms with E-state index in [1.165, 1.54) is 7.11 Å². The minimum Gasteiger partial charge on any atom is -0.497 e. The molecule has 1 fully saturated rings. The Kier molecular flexibility index (Phi) is 6.82. The molecule has 1 amide bonds. The largest absolute Gasteiger partial charge is 0.497 e. The van der Waals surface area contributed by atoms with Crippen molar-refractivity contribution in [2.75, 3.05) is 34.5 Å². The molecule has 30 heavy (non-hydrogen) atoms. The van der Waals surface area contributed by atoms with Gasteiger partial charge in [0.05, 0.1) is 27.4 Å². The summed E-state index contributed by atoms with van der Waals surface area (Å²) in [5.41, 5.74) is 2.09. The molecule has 1 aliphatic rings. The maximum absolute atomic E-state index is 12.9. The van der Waals surface area contributed by atoms with E-state index in [-0.39, 0.29) is 18.6 Å². The van der Waals surface area contributed by atoms with Gasteiger partial charge in [-0.15, -0.1) is 0 Å². The van der Waals surface area contributed by atoms with Gasteiger partial charge in [0.15, 0.2) is 6.61 Å². The van der Waals surface area contributed by atoms with E-state index in [0.717, 1.165) is 24.0 Å². The van der Waals surface area contributed by atoms with Crippen LogP contribution in [-0.4, -0.2) is 51.3 Å². The Morgan fingerprint density at radius 3 is 2.43 bits per heavy atom. The standard InChI is InChI=1S/C23H27NO6/c1-15-7-9-21(29-4)18(12-15)23(26)30-14-22(25)24-11-5-6-19(24)17-13-16(27-2)8-10-20(17)28-3/h7-10,12-13,19H,5-6,11,14H2,1-4H3/t19-/m0/s1. The summed E-state index contributed by atoms with van der Waals surface area (Å²) in [4.78, 5) is 27.1. The summed E-state index contributed by atoms with van der Waals surface area (Å²) in [6.45, 7) is 2.13. The number of amides is 1. The number of esters is 1. The van der Waals surface area contributed by atoms with E-state index in [2.05, 4.69) is 0 Å². The van der Waals surface area contributed by atoms with Crippen LogP contribution in [0.4, 0.5) is 0 Å². The van der Waals surface area contributed by atoms with Gasteiger partial charge >= 0.3 is 5.97 Å². The Labute approximate surface area is 176 Å². The smallest absolute Gasteiger partial charge is 0.342 e. The van der Waals surface area contributed by atoms with Gasteiger partial charge in [0.2, 0.25) is 0 Å². The Morgan fingerprint density at radius 1 is 1.00 bits per heavy atom. The van der Waals surface area contributed by atoms with Gasteiger partial charge in [-0.05, 0) is 50.1 Å². The molecule has 7 nitrogen and oxygen atoms in total. The summed E-state index contributed by atoms with van der Waals surface area (Å²) >= 11 is 0. The summed E-state index contributed by atoms with van der Waals surface area (Å²) in [6.07, 6.45) is 1.66. The first-order valence-electron chi connectivity index (χ1n) is 9.81. The average molecular weight is 413 g/mol. The number of carbonyl (C=O) groups excluding carboxylic acids is 2. The van der Waals surface area contributed by atoms with Crippen molar-refractivity contribution in [2.24, 2.45) is 0 Å². The van der Waals surface area contributed by atoms with Gasteiger partial charge in [-0.3, -0.25) is 4.79 Å². The van der Waals surface area contributed by atoms with Crippen molar-refractivity contribution in [1.82, 2.24) is 4.90 Å². The van der Waals surface area contributed by atoms with Crippen LogP contribution in [0, 0.1) is 6.92 Å². The minimum atomic E-state index is -0.585. The summed E-state index contributed by atoms with van der Waals surface area (Å²) in [7, 11) is 4.69. The lowest BCUT2D eigenvalue weighted by atomic mass is 10.0. The third kappa shape index (κ3) is 4.50. The highest BCUT2D eigenvalue weighted by molar-refractivity contribution is 5.94. The molecule has 0 aliphatic carbocycles. The van der Waals surface area contributed by atoms with Gasteiger partial charge in [-0.1, -0.05) is 11.6 Å². The monoisotopic (exact) mass is 413 g/mol. The van der Waals surface area contributed by atoms with E-state index in [0.29, 0.717) is 29.4 Å². The van der Waals surface area contributed by atoms with Crippen molar-refractivity contribution in [3.05, 3.63) is 53.1 Å². The Balaban J connectivity index is 1.73. The van der Waals surface area contributed by atoms with E-state index in [1.807, 2.05) is 31.2 Å². The van der Waals surface area contributed by atoms with Crippen molar-refractivity contribution in [3.8, 4) is 17.2 Å². The van der Waals surface area contributed by atoms with Crippen LogP contribution in [0.5, 0.6) is 17.2 Å². The van der Waals surface area contributed by atoms with Crippen LogP contribution in [0.15, 0.2) is 36.4 Å². The van der Waals surface area contributed by atoms with Gasteiger partial charge in [-0.2, -0.15) is 0 Å². The first-order chi connectivity index (χ1) is 14.5. The van der Waals surface area contributed by atoms with E-state index in [9.17, 15) is 9.59 Å². The lowest BCUT2D eigenvalue weighted by Gasteiger charge is -2.26. The highest BCUT2D eigenvalue weighted by Gasteiger charge is 2.32. The lowest BCUT2D eigenvalue weighted by Crippen LogP contribution is -2.34. The van der Waals surface area contributed by atoms with Crippen molar-refractivity contribution < 1.29 is 28.5 Å². The normalized spacial score (nSPS) is 15.6. The predicted octanol–water partition coefficient (Wildman–Crippen LogP) is 3.54. The van der Waals surface area contributed by atoms with Gasteiger partial charge in [0.1, 0.15) is 22.8 Å². The molecule has 0 aromatic heterocycles. The zero-order valence-corrected chi connectivity index (χ0v) is 17.8. The SMILES string of the molecule is COc1ccc(OC)c([C@@H]2CCCN2C(=O)COC(=O)c2cc(C)ccc2OC)c1. The zero-order chi connectivity index (χ0) is 21.7. The Bertz CT molecular complexity index is 926. The molecule has 7 heteroatoms. The van der Waals surface area contributed by atoms with Crippen molar-refractivity contribution in [3.63, 3.8) is 0 Å². The number of carbonyl (C=O) groups is 2. The summed E-state index contributed by atoms with van der Waals surface area (Å²) in [5.74, 6) is 0.976. The zero-order valence-electron chi connectivity index (χ0n) is 17.8. The maximum Gasteiger partial charge on any atom is 0.342 e. The van der Waals surface area contributed by atoms with Gasteiger partial charge in [0.25, 0.3) is 5.91 Å². The fourth-order valence-electron chi connectivity index (χ4n) is 3.76. The number of hydrogen-bond acceptors (Lipinski definition) is 6. The third-order valence-corrected chi connectivity index (χ3v) is 5.27. The predicted molar refractivity (Wildman–Crippen MR) is 111 cm³/mol. The summed E-state index contributed by atoms with van der Waals surface area (Å²) in [6, 6.07) is 10.6.